The minimum absolute atomic E-state index is 0.0170. The average molecular weight is 268 g/mol. The first-order valence-corrected chi connectivity index (χ1v) is 6.48. The number of amides is 1. The van der Waals surface area contributed by atoms with Gasteiger partial charge < -0.3 is 10.6 Å². The number of benzene rings is 1. The van der Waals surface area contributed by atoms with Crippen molar-refractivity contribution in [2.24, 2.45) is 0 Å². The summed E-state index contributed by atoms with van der Waals surface area (Å²) in [6.45, 7) is 4.09. The van der Waals surface area contributed by atoms with E-state index in [2.05, 4.69) is 17.6 Å². The van der Waals surface area contributed by atoms with Gasteiger partial charge in [-0.05, 0) is 38.8 Å². The van der Waals surface area contributed by atoms with E-state index >= 15 is 0 Å². The van der Waals surface area contributed by atoms with Crippen molar-refractivity contribution in [3.05, 3.63) is 35.4 Å². The van der Waals surface area contributed by atoms with Crippen LogP contribution in [0.4, 0.5) is 8.78 Å². The van der Waals surface area contributed by atoms with E-state index in [9.17, 15) is 13.6 Å². The fourth-order valence-electron chi connectivity index (χ4n) is 2.46. The molecule has 0 radical (unpaired) electrons. The van der Waals surface area contributed by atoms with Gasteiger partial charge in [-0.3, -0.25) is 4.79 Å². The zero-order valence-electron chi connectivity index (χ0n) is 11.0. The molecule has 0 saturated carbocycles. The van der Waals surface area contributed by atoms with E-state index < -0.39 is 17.5 Å². The summed E-state index contributed by atoms with van der Waals surface area (Å²) < 4.78 is 26.1. The largest absolute Gasteiger partial charge is 0.348 e. The summed E-state index contributed by atoms with van der Waals surface area (Å²) in [6.07, 6.45) is 1.83. The molecule has 104 valence electrons. The smallest absolute Gasteiger partial charge is 0.251 e. The van der Waals surface area contributed by atoms with Gasteiger partial charge in [0.05, 0.1) is 0 Å². The maximum absolute atomic E-state index is 13.1. The molecule has 2 N–H and O–H groups in total. The Kier molecular flexibility index (Phi) is 4.14. The molecule has 2 rings (SSSR count). The first kappa shape index (κ1) is 13.9. The molecule has 0 aromatic heterocycles. The molecule has 0 bridgehead atoms. The highest BCUT2D eigenvalue weighted by molar-refractivity contribution is 5.94. The van der Waals surface area contributed by atoms with Crippen molar-refractivity contribution >= 4 is 5.91 Å². The third kappa shape index (κ3) is 3.50. The molecule has 5 heteroatoms. The van der Waals surface area contributed by atoms with Gasteiger partial charge in [-0.15, -0.1) is 0 Å². The Hall–Kier alpha value is -1.49. The molecular formula is C14H18F2N2O. The lowest BCUT2D eigenvalue weighted by Crippen LogP contribution is -2.54. The molecule has 1 amide bonds. The number of carbonyl (C=O) groups excluding carboxylic acids is 1. The first-order valence-electron chi connectivity index (χ1n) is 6.48. The monoisotopic (exact) mass is 268 g/mol. The van der Waals surface area contributed by atoms with Crippen molar-refractivity contribution in [2.75, 3.05) is 0 Å². The van der Waals surface area contributed by atoms with Crippen LogP contribution in [0.2, 0.25) is 0 Å². The minimum Gasteiger partial charge on any atom is -0.348 e. The Bertz CT molecular complexity index is 458. The SMILES string of the molecule is CC1CCC(NC(=O)c2cc(F)cc(F)c2)C(C)N1. The van der Waals surface area contributed by atoms with Crippen LogP contribution in [0.5, 0.6) is 0 Å². The summed E-state index contributed by atoms with van der Waals surface area (Å²) in [5, 5.41) is 6.17. The van der Waals surface area contributed by atoms with Gasteiger partial charge >= 0.3 is 0 Å². The second-order valence-corrected chi connectivity index (χ2v) is 5.17. The minimum atomic E-state index is -0.742. The molecule has 1 fully saturated rings. The fraction of sp³-hybridized carbons (Fsp3) is 0.500. The Balaban J connectivity index is 2.04. The van der Waals surface area contributed by atoms with Gasteiger partial charge in [0.2, 0.25) is 0 Å². The fourth-order valence-corrected chi connectivity index (χ4v) is 2.46. The first-order chi connectivity index (χ1) is 8.95. The summed E-state index contributed by atoms with van der Waals surface area (Å²) in [5.74, 6) is -1.92. The highest BCUT2D eigenvalue weighted by Gasteiger charge is 2.26. The highest BCUT2D eigenvalue weighted by atomic mass is 19.1. The highest BCUT2D eigenvalue weighted by Crippen LogP contribution is 2.14. The molecule has 0 aliphatic carbocycles. The predicted molar refractivity (Wildman–Crippen MR) is 68.9 cm³/mol. The van der Waals surface area contributed by atoms with Crippen LogP contribution in [-0.2, 0) is 0 Å². The second kappa shape index (κ2) is 5.65. The van der Waals surface area contributed by atoms with E-state index in [-0.39, 0.29) is 17.6 Å². The number of halogens is 2. The van der Waals surface area contributed by atoms with Crippen LogP contribution in [0.1, 0.15) is 37.0 Å². The summed E-state index contributed by atoms with van der Waals surface area (Å²) in [4.78, 5) is 12.0. The lowest BCUT2D eigenvalue weighted by molar-refractivity contribution is 0.0913. The summed E-state index contributed by atoms with van der Waals surface area (Å²) in [5.41, 5.74) is 0.0170. The van der Waals surface area contributed by atoms with Gasteiger partial charge in [-0.25, -0.2) is 8.78 Å². The van der Waals surface area contributed by atoms with Crippen molar-refractivity contribution in [3.8, 4) is 0 Å². The lowest BCUT2D eigenvalue weighted by atomic mass is 9.95. The molecule has 3 unspecified atom stereocenters. The van der Waals surface area contributed by atoms with E-state index in [4.69, 9.17) is 0 Å². The third-order valence-corrected chi connectivity index (χ3v) is 3.50. The number of hydrogen-bond donors (Lipinski definition) is 2. The molecular weight excluding hydrogens is 250 g/mol. The number of hydrogen-bond acceptors (Lipinski definition) is 2. The Morgan fingerprint density at radius 2 is 1.84 bits per heavy atom. The van der Waals surface area contributed by atoms with Crippen LogP contribution in [0.25, 0.3) is 0 Å². The van der Waals surface area contributed by atoms with Crippen LogP contribution in [0.3, 0.4) is 0 Å². The Morgan fingerprint density at radius 3 is 2.42 bits per heavy atom. The standard InChI is InChI=1S/C14H18F2N2O/c1-8-3-4-13(9(2)17-8)18-14(19)10-5-11(15)7-12(16)6-10/h5-9,13,17H,3-4H2,1-2H3,(H,18,19). The number of rotatable bonds is 2. The van der Waals surface area contributed by atoms with E-state index in [1.807, 2.05) is 6.92 Å². The number of carbonyl (C=O) groups is 1. The zero-order valence-corrected chi connectivity index (χ0v) is 11.0. The van der Waals surface area contributed by atoms with Crippen molar-refractivity contribution in [2.45, 2.75) is 44.8 Å². The average Bonchev–Trinajstić information content (AvgIpc) is 2.31. The van der Waals surface area contributed by atoms with Crippen LogP contribution >= 0.6 is 0 Å². The van der Waals surface area contributed by atoms with Crippen molar-refractivity contribution < 1.29 is 13.6 Å². The molecule has 19 heavy (non-hydrogen) atoms. The summed E-state index contributed by atoms with van der Waals surface area (Å²) in [6, 6.07) is 3.39. The van der Waals surface area contributed by atoms with Crippen LogP contribution in [-0.4, -0.2) is 24.0 Å². The Labute approximate surface area is 111 Å². The van der Waals surface area contributed by atoms with Crippen LogP contribution in [0, 0.1) is 11.6 Å². The third-order valence-electron chi connectivity index (χ3n) is 3.50. The quantitative estimate of drug-likeness (QED) is 0.863. The van der Waals surface area contributed by atoms with Crippen molar-refractivity contribution in [1.29, 1.82) is 0 Å². The van der Waals surface area contributed by atoms with E-state index in [0.29, 0.717) is 6.04 Å². The molecule has 3 nitrogen and oxygen atoms in total. The maximum Gasteiger partial charge on any atom is 0.251 e. The van der Waals surface area contributed by atoms with Gasteiger partial charge in [0, 0.05) is 29.8 Å². The van der Waals surface area contributed by atoms with E-state index in [1.54, 1.807) is 0 Å². The van der Waals surface area contributed by atoms with Crippen LogP contribution in [0.15, 0.2) is 18.2 Å². The molecule has 1 aromatic rings. The van der Waals surface area contributed by atoms with Gasteiger partial charge in [0.1, 0.15) is 11.6 Å². The van der Waals surface area contributed by atoms with Crippen LogP contribution < -0.4 is 10.6 Å². The molecule has 1 aromatic carbocycles. The summed E-state index contributed by atoms with van der Waals surface area (Å²) in [7, 11) is 0. The lowest BCUT2D eigenvalue weighted by Gasteiger charge is -2.34. The Morgan fingerprint density at radius 1 is 1.21 bits per heavy atom. The molecule has 0 spiro atoms. The number of piperidine rings is 1. The van der Waals surface area contributed by atoms with Gasteiger partial charge in [-0.2, -0.15) is 0 Å². The molecule has 1 aliphatic heterocycles. The van der Waals surface area contributed by atoms with E-state index in [0.717, 1.165) is 31.0 Å². The summed E-state index contributed by atoms with van der Waals surface area (Å²) >= 11 is 0. The maximum atomic E-state index is 13.1. The topological polar surface area (TPSA) is 41.1 Å². The van der Waals surface area contributed by atoms with Gasteiger partial charge in [0.25, 0.3) is 5.91 Å². The molecule has 3 atom stereocenters. The van der Waals surface area contributed by atoms with Gasteiger partial charge in [-0.1, -0.05) is 0 Å². The molecule has 1 aliphatic rings. The van der Waals surface area contributed by atoms with Gasteiger partial charge in [0.15, 0.2) is 0 Å². The van der Waals surface area contributed by atoms with E-state index in [1.165, 1.54) is 0 Å². The molecule has 1 saturated heterocycles. The van der Waals surface area contributed by atoms with Crippen molar-refractivity contribution in [3.63, 3.8) is 0 Å². The number of nitrogens with one attached hydrogen (secondary N) is 2. The normalized spacial score (nSPS) is 27.1. The van der Waals surface area contributed by atoms with Crippen molar-refractivity contribution in [1.82, 2.24) is 10.6 Å². The zero-order chi connectivity index (χ0) is 14.0. The predicted octanol–water partition coefficient (Wildman–Crippen LogP) is 2.22. The molecule has 1 heterocycles. The second-order valence-electron chi connectivity index (χ2n) is 5.17.